The summed E-state index contributed by atoms with van der Waals surface area (Å²) in [5, 5.41) is 7.12. The Morgan fingerprint density at radius 2 is 2.38 bits per heavy atom. The molecule has 0 aliphatic carbocycles. The monoisotopic (exact) mass is 286 g/mol. The van der Waals surface area contributed by atoms with Gasteiger partial charge in [-0.3, -0.25) is 10.00 Å². The predicted octanol–water partition coefficient (Wildman–Crippen LogP) is 1.61. The molecular weight excluding hydrogens is 264 g/mol. The lowest BCUT2D eigenvalue weighted by molar-refractivity contribution is 0.198. The van der Waals surface area contributed by atoms with Crippen LogP contribution in [0, 0.1) is 6.92 Å². The standard InChI is InChI=1S/C15H22N6/c1-12-13(8-18-19-12)9-21-7-3-4-14(10-21)20(2)15-5-6-16-11-17-15/h5-6,8,11,14H,3-4,7,9-10H2,1-2H3,(H,18,19). The van der Waals surface area contributed by atoms with E-state index >= 15 is 0 Å². The Morgan fingerprint density at radius 1 is 1.48 bits per heavy atom. The average Bonchev–Trinajstić information content (AvgIpc) is 2.93. The number of anilines is 1. The molecule has 1 fully saturated rings. The minimum absolute atomic E-state index is 0.501. The summed E-state index contributed by atoms with van der Waals surface area (Å²) >= 11 is 0. The number of hydrogen-bond donors (Lipinski definition) is 1. The number of H-pyrrole nitrogens is 1. The van der Waals surface area contributed by atoms with E-state index in [1.165, 1.54) is 24.1 Å². The molecule has 0 amide bonds. The summed E-state index contributed by atoms with van der Waals surface area (Å²) < 4.78 is 0. The lowest BCUT2D eigenvalue weighted by Gasteiger charge is -2.38. The molecule has 1 atom stereocenters. The number of nitrogens with zero attached hydrogens (tertiary/aromatic N) is 5. The van der Waals surface area contributed by atoms with E-state index in [2.05, 4.69) is 43.9 Å². The molecule has 3 heterocycles. The minimum atomic E-state index is 0.501. The van der Waals surface area contributed by atoms with Gasteiger partial charge in [-0.25, -0.2) is 9.97 Å². The molecule has 2 aromatic heterocycles. The Kier molecular flexibility index (Phi) is 4.15. The zero-order valence-corrected chi connectivity index (χ0v) is 12.7. The molecule has 3 rings (SSSR count). The van der Waals surface area contributed by atoms with E-state index in [1.54, 1.807) is 12.5 Å². The van der Waals surface area contributed by atoms with E-state index in [1.807, 2.05) is 12.3 Å². The number of rotatable bonds is 4. The molecule has 0 spiro atoms. The van der Waals surface area contributed by atoms with Gasteiger partial charge in [0, 0.05) is 43.6 Å². The van der Waals surface area contributed by atoms with E-state index in [-0.39, 0.29) is 0 Å². The number of nitrogens with one attached hydrogen (secondary N) is 1. The van der Waals surface area contributed by atoms with Gasteiger partial charge in [0.15, 0.2) is 0 Å². The van der Waals surface area contributed by atoms with Crippen molar-refractivity contribution in [3.8, 4) is 0 Å². The van der Waals surface area contributed by atoms with Crippen LogP contribution >= 0.6 is 0 Å². The van der Waals surface area contributed by atoms with Crippen molar-refractivity contribution >= 4 is 5.82 Å². The fourth-order valence-electron chi connectivity index (χ4n) is 2.95. The van der Waals surface area contributed by atoms with Crippen molar-refractivity contribution in [3.05, 3.63) is 36.0 Å². The molecule has 1 N–H and O–H groups in total. The molecule has 0 saturated carbocycles. The second-order valence-corrected chi connectivity index (χ2v) is 5.73. The van der Waals surface area contributed by atoms with Crippen molar-refractivity contribution in [3.63, 3.8) is 0 Å². The normalized spacial score (nSPS) is 19.6. The number of hydrogen-bond acceptors (Lipinski definition) is 5. The smallest absolute Gasteiger partial charge is 0.131 e. The third kappa shape index (κ3) is 3.21. The summed E-state index contributed by atoms with van der Waals surface area (Å²) in [5.74, 6) is 0.997. The third-order valence-corrected chi connectivity index (χ3v) is 4.28. The molecule has 0 bridgehead atoms. The zero-order valence-electron chi connectivity index (χ0n) is 12.7. The van der Waals surface area contributed by atoms with Crippen LogP contribution in [0.25, 0.3) is 0 Å². The Bertz CT molecular complexity index is 567. The summed E-state index contributed by atoms with van der Waals surface area (Å²) in [6, 6.07) is 2.47. The van der Waals surface area contributed by atoms with Crippen LogP contribution in [0.3, 0.4) is 0 Å². The van der Waals surface area contributed by atoms with Gasteiger partial charge < -0.3 is 4.90 Å². The van der Waals surface area contributed by atoms with E-state index in [4.69, 9.17) is 0 Å². The van der Waals surface area contributed by atoms with Gasteiger partial charge >= 0.3 is 0 Å². The molecule has 1 saturated heterocycles. The molecule has 2 aromatic rings. The highest BCUT2D eigenvalue weighted by molar-refractivity contribution is 5.37. The quantitative estimate of drug-likeness (QED) is 0.925. The topological polar surface area (TPSA) is 60.9 Å². The largest absolute Gasteiger partial charge is 0.355 e. The molecule has 112 valence electrons. The van der Waals surface area contributed by atoms with Gasteiger partial charge in [0.05, 0.1) is 6.20 Å². The Morgan fingerprint density at radius 3 is 3.10 bits per heavy atom. The van der Waals surface area contributed by atoms with Crippen molar-refractivity contribution in [1.29, 1.82) is 0 Å². The van der Waals surface area contributed by atoms with Crippen LogP contribution in [-0.4, -0.2) is 51.2 Å². The highest BCUT2D eigenvalue weighted by Crippen LogP contribution is 2.21. The van der Waals surface area contributed by atoms with Gasteiger partial charge in [0.1, 0.15) is 12.1 Å². The Hall–Kier alpha value is -1.95. The number of aromatic amines is 1. The van der Waals surface area contributed by atoms with Crippen LogP contribution in [-0.2, 0) is 6.54 Å². The van der Waals surface area contributed by atoms with Gasteiger partial charge in [-0.2, -0.15) is 5.10 Å². The van der Waals surface area contributed by atoms with Crippen LogP contribution in [0.4, 0.5) is 5.82 Å². The first-order chi connectivity index (χ1) is 10.2. The first-order valence-corrected chi connectivity index (χ1v) is 7.44. The van der Waals surface area contributed by atoms with Crippen LogP contribution in [0.5, 0.6) is 0 Å². The van der Waals surface area contributed by atoms with Crippen molar-refractivity contribution < 1.29 is 0 Å². The highest BCUT2D eigenvalue weighted by atomic mass is 15.3. The molecule has 0 aromatic carbocycles. The molecule has 0 radical (unpaired) electrons. The lowest BCUT2D eigenvalue weighted by Crippen LogP contribution is -2.46. The van der Waals surface area contributed by atoms with Gasteiger partial charge in [-0.1, -0.05) is 0 Å². The van der Waals surface area contributed by atoms with Crippen molar-refractivity contribution in [2.75, 3.05) is 25.0 Å². The Balaban J connectivity index is 1.64. The van der Waals surface area contributed by atoms with Gasteiger partial charge in [-0.05, 0) is 32.4 Å². The fraction of sp³-hybridized carbons (Fsp3) is 0.533. The molecule has 1 aliphatic rings. The molecule has 21 heavy (non-hydrogen) atoms. The van der Waals surface area contributed by atoms with E-state index < -0.39 is 0 Å². The number of piperidine rings is 1. The fourth-order valence-corrected chi connectivity index (χ4v) is 2.95. The van der Waals surface area contributed by atoms with E-state index in [0.717, 1.165) is 25.5 Å². The second kappa shape index (κ2) is 6.22. The minimum Gasteiger partial charge on any atom is -0.355 e. The van der Waals surface area contributed by atoms with Crippen molar-refractivity contribution in [2.24, 2.45) is 0 Å². The number of aromatic nitrogens is 4. The summed E-state index contributed by atoms with van der Waals surface area (Å²) in [4.78, 5) is 13.1. The second-order valence-electron chi connectivity index (χ2n) is 5.73. The SMILES string of the molecule is Cc1[nH]ncc1CN1CCCC(N(C)c2ccncn2)C1. The van der Waals surface area contributed by atoms with Crippen molar-refractivity contribution in [1.82, 2.24) is 25.1 Å². The maximum absolute atomic E-state index is 4.35. The number of likely N-dealkylation sites (tertiary alicyclic amines) is 1. The van der Waals surface area contributed by atoms with Crippen molar-refractivity contribution in [2.45, 2.75) is 32.4 Å². The summed E-state index contributed by atoms with van der Waals surface area (Å²) in [6.45, 7) is 5.26. The predicted molar refractivity (Wildman–Crippen MR) is 82.1 cm³/mol. The van der Waals surface area contributed by atoms with Gasteiger partial charge in [-0.15, -0.1) is 0 Å². The molecular formula is C15H22N6. The maximum Gasteiger partial charge on any atom is 0.131 e. The third-order valence-electron chi connectivity index (χ3n) is 4.28. The van der Waals surface area contributed by atoms with Gasteiger partial charge in [0.2, 0.25) is 0 Å². The summed E-state index contributed by atoms with van der Waals surface area (Å²) in [5.41, 5.74) is 2.46. The lowest BCUT2D eigenvalue weighted by atomic mass is 10.0. The summed E-state index contributed by atoms with van der Waals surface area (Å²) in [6.07, 6.45) is 7.78. The highest BCUT2D eigenvalue weighted by Gasteiger charge is 2.24. The molecule has 6 nitrogen and oxygen atoms in total. The molecule has 6 heteroatoms. The molecule has 1 aliphatic heterocycles. The van der Waals surface area contributed by atoms with E-state index in [0.29, 0.717) is 6.04 Å². The summed E-state index contributed by atoms with van der Waals surface area (Å²) in [7, 11) is 2.12. The first kappa shape index (κ1) is 14.0. The van der Waals surface area contributed by atoms with Gasteiger partial charge in [0.25, 0.3) is 0 Å². The van der Waals surface area contributed by atoms with Crippen LogP contribution in [0.1, 0.15) is 24.1 Å². The number of likely N-dealkylation sites (N-methyl/N-ethyl adjacent to an activating group) is 1. The zero-order chi connectivity index (χ0) is 14.7. The van der Waals surface area contributed by atoms with Crippen LogP contribution in [0.2, 0.25) is 0 Å². The average molecular weight is 286 g/mol. The van der Waals surface area contributed by atoms with Crippen LogP contribution in [0.15, 0.2) is 24.8 Å². The molecule has 1 unspecified atom stereocenters. The maximum atomic E-state index is 4.35. The Labute approximate surface area is 125 Å². The van der Waals surface area contributed by atoms with E-state index in [9.17, 15) is 0 Å². The van der Waals surface area contributed by atoms with Crippen LogP contribution < -0.4 is 4.90 Å². The number of aryl methyl sites for hydroxylation is 1. The first-order valence-electron chi connectivity index (χ1n) is 7.44.